The van der Waals surface area contributed by atoms with Gasteiger partial charge in [0.15, 0.2) is 0 Å². The summed E-state index contributed by atoms with van der Waals surface area (Å²) < 4.78 is 5.75. The zero-order valence-corrected chi connectivity index (χ0v) is 10.1. The van der Waals surface area contributed by atoms with Crippen LogP contribution < -0.4 is 0 Å². The Hall–Kier alpha value is -2.20. The molecule has 0 fully saturated rings. The number of para-hydroxylation sites is 2. The number of furan rings is 1. The van der Waals surface area contributed by atoms with Gasteiger partial charge in [0, 0.05) is 17.0 Å². The SMILES string of the molecule is c1ccc2nc3oc(-c4ccsc4)cc3nc2c1. The van der Waals surface area contributed by atoms with E-state index in [0.29, 0.717) is 5.71 Å². The first-order valence-electron chi connectivity index (χ1n) is 5.59. The van der Waals surface area contributed by atoms with E-state index in [0.717, 1.165) is 27.9 Å². The van der Waals surface area contributed by atoms with Crippen LogP contribution in [0.25, 0.3) is 33.6 Å². The quantitative estimate of drug-likeness (QED) is 0.512. The van der Waals surface area contributed by atoms with Gasteiger partial charge in [0.25, 0.3) is 0 Å². The number of hydrogen-bond acceptors (Lipinski definition) is 4. The number of nitrogens with zero attached hydrogens (tertiary/aromatic N) is 2. The highest BCUT2D eigenvalue weighted by molar-refractivity contribution is 7.08. The van der Waals surface area contributed by atoms with Gasteiger partial charge in [0.2, 0.25) is 5.71 Å². The fraction of sp³-hybridized carbons (Fsp3) is 0. The van der Waals surface area contributed by atoms with Gasteiger partial charge in [-0.25, -0.2) is 9.97 Å². The predicted octanol–water partition coefficient (Wildman–Crippen LogP) is 4.10. The molecule has 4 rings (SSSR count). The molecule has 18 heavy (non-hydrogen) atoms. The molecule has 0 radical (unpaired) electrons. The van der Waals surface area contributed by atoms with Gasteiger partial charge >= 0.3 is 0 Å². The Kier molecular flexibility index (Phi) is 1.98. The number of aromatic nitrogens is 2. The molecule has 0 spiro atoms. The maximum atomic E-state index is 5.75. The molecule has 86 valence electrons. The average molecular weight is 252 g/mol. The zero-order chi connectivity index (χ0) is 11.9. The highest BCUT2D eigenvalue weighted by Gasteiger charge is 2.09. The van der Waals surface area contributed by atoms with Gasteiger partial charge in [-0.15, -0.1) is 0 Å². The summed E-state index contributed by atoms with van der Waals surface area (Å²) in [6, 6.07) is 11.8. The average Bonchev–Trinajstić information content (AvgIpc) is 3.04. The summed E-state index contributed by atoms with van der Waals surface area (Å²) in [5, 5.41) is 4.08. The first-order chi connectivity index (χ1) is 8.90. The van der Waals surface area contributed by atoms with E-state index in [-0.39, 0.29) is 0 Å². The van der Waals surface area contributed by atoms with Crippen molar-refractivity contribution in [3.63, 3.8) is 0 Å². The van der Waals surface area contributed by atoms with E-state index >= 15 is 0 Å². The third-order valence-electron chi connectivity index (χ3n) is 2.84. The summed E-state index contributed by atoms with van der Waals surface area (Å²) in [7, 11) is 0. The molecule has 3 nitrogen and oxygen atoms in total. The lowest BCUT2D eigenvalue weighted by molar-refractivity contribution is 0.620. The molecule has 4 heteroatoms. The lowest BCUT2D eigenvalue weighted by Crippen LogP contribution is -1.82. The molecular formula is C14H8N2OS. The van der Waals surface area contributed by atoms with Gasteiger partial charge in [-0.3, -0.25) is 0 Å². The lowest BCUT2D eigenvalue weighted by Gasteiger charge is -1.94. The van der Waals surface area contributed by atoms with E-state index < -0.39 is 0 Å². The Morgan fingerprint density at radius 1 is 0.944 bits per heavy atom. The zero-order valence-electron chi connectivity index (χ0n) is 9.33. The normalized spacial score (nSPS) is 11.3. The summed E-state index contributed by atoms with van der Waals surface area (Å²) in [5.74, 6) is 0.821. The first kappa shape index (κ1) is 9.79. The number of fused-ring (bicyclic) bond motifs is 2. The monoisotopic (exact) mass is 252 g/mol. The van der Waals surface area contributed by atoms with Crippen molar-refractivity contribution in [3.05, 3.63) is 47.2 Å². The smallest absolute Gasteiger partial charge is 0.246 e. The molecule has 0 bridgehead atoms. The molecule has 1 aromatic carbocycles. The molecule has 0 unspecified atom stereocenters. The van der Waals surface area contributed by atoms with E-state index in [1.807, 2.05) is 41.8 Å². The molecule has 0 N–H and O–H groups in total. The molecule has 0 aliphatic carbocycles. The van der Waals surface area contributed by atoms with E-state index in [1.54, 1.807) is 11.3 Å². The third-order valence-corrected chi connectivity index (χ3v) is 3.53. The van der Waals surface area contributed by atoms with Crippen LogP contribution in [-0.2, 0) is 0 Å². The minimum atomic E-state index is 0.593. The molecule has 3 heterocycles. The molecule has 0 saturated carbocycles. The van der Waals surface area contributed by atoms with Crippen molar-refractivity contribution in [3.8, 4) is 11.3 Å². The van der Waals surface area contributed by atoms with Crippen LogP contribution in [0.3, 0.4) is 0 Å². The Labute approximate surface area is 107 Å². The second-order valence-electron chi connectivity index (χ2n) is 4.03. The molecule has 0 aliphatic rings. The van der Waals surface area contributed by atoms with Crippen molar-refractivity contribution in [2.45, 2.75) is 0 Å². The van der Waals surface area contributed by atoms with E-state index in [1.165, 1.54) is 0 Å². The van der Waals surface area contributed by atoms with E-state index in [9.17, 15) is 0 Å². The standard InChI is InChI=1S/C14H8N2OS/c1-2-4-11-10(3-1)15-12-7-13(17-14(12)16-11)9-5-6-18-8-9/h1-8H. The fourth-order valence-electron chi connectivity index (χ4n) is 1.97. The number of benzene rings is 1. The van der Waals surface area contributed by atoms with Crippen LogP contribution in [0.4, 0.5) is 0 Å². The van der Waals surface area contributed by atoms with Gasteiger partial charge in [-0.05, 0) is 23.6 Å². The molecular weight excluding hydrogens is 244 g/mol. The van der Waals surface area contributed by atoms with Crippen LogP contribution >= 0.6 is 11.3 Å². The maximum absolute atomic E-state index is 5.75. The first-order valence-corrected chi connectivity index (χ1v) is 6.53. The van der Waals surface area contributed by atoms with Gasteiger partial charge in [0.1, 0.15) is 11.3 Å². The molecule has 0 atom stereocenters. The van der Waals surface area contributed by atoms with Gasteiger partial charge < -0.3 is 4.42 Å². The Morgan fingerprint density at radius 2 is 1.78 bits per heavy atom. The van der Waals surface area contributed by atoms with Crippen LogP contribution in [0.15, 0.2) is 51.6 Å². The molecule has 3 aromatic heterocycles. The second-order valence-corrected chi connectivity index (χ2v) is 4.81. The Bertz CT molecular complexity index is 781. The highest BCUT2D eigenvalue weighted by atomic mass is 32.1. The van der Waals surface area contributed by atoms with Crippen molar-refractivity contribution in [1.29, 1.82) is 0 Å². The van der Waals surface area contributed by atoms with Crippen LogP contribution in [0, 0.1) is 0 Å². The van der Waals surface area contributed by atoms with Crippen molar-refractivity contribution in [1.82, 2.24) is 9.97 Å². The van der Waals surface area contributed by atoms with Crippen molar-refractivity contribution < 1.29 is 4.42 Å². The largest absolute Gasteiger partial charge is 0.436 e. The van der Waals surface area contributed by atoms with Gasteiger partial charge in [-0.2, -0.15) is 11.3 Å². The summed E-state index contributed by atoms with van der Waals surface area (Å²) >= 11 is 1.65. The van der Waals surface area contributed by atoms with Crippen molar-refractivity contribution >= 4 is 33.6 Å². The minimum absolute atomic E-state index is 0.593. The highest BCUT2D eigenvalue weighted by Crippen LogP contribution is 2.28. The molecule has 0 amide bonds. The Morgan fingerprint density at radius 3 is 2.56 bits per heavy atom. The van der Waals surface area contributed by atoms with Crippen LogP contribution in [-0.4, -0.2) is 9.97 Å². The third kappa shape index (κ3) is 1.43. The fourth-order valence-corrected chi connectivity index (χ4v) is 2.62. The summed E-state index contributed by atoms with van der Waals surface area (Å²) in [5.41, 5.74) is 4.22. The van der Waals surface area contributed by atoms with Crippen molar-refractivity contribution in [2.24, 2.45) is 0 Å². The summed E-state index contributed by atoms with van der Waals surface area (Å²) in [6.45, 7) is 0. The number of thiophene rings is 1. The minimum Gasteiger partial charge on any atom is -0.436 e. The predicted molar refractivity (Wildman–Crippen MR) is 72.6 cm³/mol. The lowest BCUT2D eigenvalue weighted by atomic mass is 10.2. The summed E-state index contributed by atoms with van der Waals surface area (Å²) in [4.78, 5) is 9.04. The summed E-state index contributed by atoms with van der Waals surface area (Å²) in [6.07, 6.45) is 0. The molecule has 0 aliphatic heterocycles. The Balaban J connectivity index is 2.02. The topological polar surface area (TPSA) is 38.9 Å². The van der Waals surface area contributed by atoms with Crippen molar-refractivity contribution in [2.75, 3.05) is 0 Å². The number of hydrogen-bond donors (Lipinski definition) is 0. The number of rotatable bonds is 1. The maximum Gasteiger partial charge on any atom is 0.246 e. The van der Waals surface area contributed by atoms with Crippen LogP contribution in [0.2, 0.25) is 0 Å². The van der Waals surface area contributed by atoms with Crippen LogP contribution in [0.5, 0.6) is 0 Å². The second kappa shape index (κ2) is 3.65. The van der Waals surface area contributed by atoms with E-state index in [4.69, 9.17) is 4.42 Å². The van der Waals surface area contributed by atoms with E-state index in [2.05, 4.69) is 15.3 Å². The molecule has 0 saturated heterocycles. The van der Waals surface area contributed by atoms with Gasteiger partial charge in [-0.1, -0.05) is 12.1 Å². The molecule has 4 aromatic rings. The van der Waals surface area contributed by atoms with Gasteiger partial charge in [0.05, 0.1) is 11.0 Å². The van der Waals surface area contributed by atoms with Crippen LogP contribution in [0.1, 0.15) is 0 Å².